The van der Waals surface area contributed by atoms with Crippen LogP contribution in [0.3, 0.4) is 0 Å². The Morgan fingerprint density at radius 2 is 1.78 bits per heavy atom. The van der Waals surface area contributed by atoms with Gasteiger partial charge in [0.05, 0.1) is 6.10 Å². The van der Waals surface area contributed by atoms with Crippen LogP contribution >= 0.6 is 22.6 Å². The predicted molar refractivity (Wildman–Crippen MR) is 112 cm³/mol. The van der Waals surface area contributed by atoms with Gasteiger partial charge >= 0.3 is 0 Å². The first-order chi connectivity index (χ1) is 10.5. The third kappa shape index (κ3) is 3.99. The van der Waals surface area contributed by atoms with Crippen molar-refractivity contribution in [2.75, 3.05) is 0 Å². The number of hydrogen-bond acceptors (Lipinski definition) is 1. The smallest absolute Gasteiger partial charge is 0.192 e. The predicted octanol–water partition coefficient (Wildman–Crippen LogP) is 6.82. The van der Waals surface area contributed by atoms with Gasteiger partial charge in [-0.25, -0.2) is 0 Å². The van der Waals surface area contributed by atoms with Crippen LogP contribution in [0.5, 0.6) is 0 Å². The van der Waals surface area contributed by atoms with Crippen LogP contribution in [0.15, 0.2) is 46.1 Å². The molecule has 0 saturated heterocycles. The van der Waals surface area contributed by atoms with E-state index < -0.39 is 8.32 Å². The summed E-state index contributed by atoms with van der Waals surface area (Å²) < 4.78 is 8.21. The number of hydrogen-bond donors (Lipinski definition) is 0. The number of rotatable bonds is 4. The summed E-state index contributed by atoms with van der Waals surface area (Å²) >= 11 is 2.51. The lowest BCUT2D eigenvalue weighted by molar-refractivity contribution is 0.166. The molecule has 1 aromatic rings. The van der Waals surface area contributed by atoms with Crippen molar-refractivity contribution in [2.24, 2.45) is 5.92 Å². The van der Waals surface area contributed by atoms with Gasteiger partial charge in [-0.05, 0) is 62.4 Å². The lowest BCUT2D eigenvalue weighted by Gasteiger charge is -2.40. The highest BCUT2D eigenvalue weighted by atomic mass is 127. The standard InChI is InChI=1S/C20H29IOSi/c1-14(2)18-17(22-23(6,7)20(3,4)5)13-16(21)19(18)15-11-9-8-10-12-15/h8-12,17-18H,1,13H2,2-7H3/t17-,18+/m1/s1. The van der Waals surface area contributed by atoms with Crippen LogP contribution in [-0.2, 0) is 4.43 Å². The highest BCUT2D eigenvalue weighted by Gasteiger charge is 2.44. The quantitative estimate of drug-likeness (QED) is 0.284. The molecule has 1 nitrogen and oxygen atoms in total. The van der Waals surface area contributed by atoms with Gasteiger partial charge in [-0.1, -0.05) is 63.3 Å². The first kappa shape index (κ1) is 18.9. The molecule has 0 unspecified atom stereocenters. The molecule has 0 saturated carbocycles. The van der Waals surface area contributed by atoms with E-state index in [0.29, 0.717) is 5.92 Å². The molecule has 0 fully saturated rings. The molecule has 1 aliphatic carbocycles. The molecule has 23 heavy (non-hydrogen) atoms. The zero-order valence-electron chi connectivity index (χ0n) is 15.2. The third-order valence-corrected chi connectivity index (χ3v) is 10.7. The normalized spacial score (nSPS) is 22.6. The van der Waals surface area contributed by atoms with Crippen LogP contribution in [0.4, 0.5) is 0 Å². The van der Waals surface area contributed by atoms with Gasteiger partial charge in [0, 0.05) is 12.3 Å². The van der Waals surface area contributed by atoms with Crippen molar-refractivity contribution in [1.29, 1.82) is 0 Å². The Labute approximate surface area is 156 Å². The third-order valence-electron chi connectivity index (χ3n) is 5.22. The molecule has 3 heteroatoms. The Morgan fingerprint density at radius 1 is 1.22 bits per heavy atom. The van der Waals surface area contributed by atoms with Crippen molar-refractivity contribution in [2.45, 2.75) is 58.4 Å². The average molecular weight is 440 g/mol. The molecule has 0 N–H and O–H groups in total. The van der Waals surface area contributed by atoms with E-state index in [1.165, 1.54) is 20.3 Å². The fourth-order valence-electron chi connectivity index (χ4n) is 2.94. The zero-order chi connectivity index (χ0) is 17.4. The van der Waals surface area contributed by atoms with Crippen LogP contribution < -0.4 is 0 Å². The zero-order valence-corrected chi connectivity index (χ0v) is 18.4. The van der Waals surface area contributed by atoms with Gasteiger partial charge in [0.1, 0.15) is 0 Å². The molecule has 0 heterocycles. The van der Waals surface area contributed by atoms with Crippen molar-refractivity contribution < 1.29 is 4.43 Å². The lowest BCUT2D eigenvalue weighted by atomic mass is 9.88. The first-order valence-electron chi connectivity index (χ1n) is 8.32. The van der Waals surface area contributed by atoms with E-state index in [4.69, 9.17) is 4.43 Å². The molecule has 126 valence electrons. The Kier molecular flexibility index (Phi) is 5.64. The molecule has 0 aliphatic heterocycles. The minimum atomic E-state index is -1.79. The fraction of sp³-hybridized carbons (Fsp3) is 0.500. The minimum absolute atomic E-state index is 0.230. The number of halogens is 1. The van der Waals surface area contributed by atoms with Crippen LogP contribution in [0.1, 0.15) is 39.7 Å². The van der Waals surface area contributed by atoms with Gasteiger partial charge in [-0.15, -0.1) is 0 Å². The average Bonchev–Trinajstić information content (AvgIpc) is 2.74. The second-order valence-corrected chi connectivity index (χ2v) is 14.2. The summed E-state index contributed by atoms with van der Waals surface area (Å²) in [7, 11) is -1.79. The fourth-order valence-corrected chi connectivity index (χ4v) is 5.35. The molecule has 0 amide bonds. The summed E-state index contributed by atoms with van der Waals surface area (Å²) in [5.41, 5.74) is 3.94. The Morgan fingerprint density at radius 3 is 2.26 bits per heavy atom. The van der Waals surface area contributed by atoms with E-state index in [0.717, 1.165) is 6.42 Å². The van der Waals surface area contributed by atoms with E-state index in [1.807, 2.05) is 0 Å². The highest BCUT2D eigenvalue weighted by molar-refractivity contribution is 14.1. The second kappa shape index (κ2) is 6.85. The minimum Gasteiger partial charge on any atom is -0.413 e. The van der Waals surface area contributed by atoms with Crippen molar-refractivity contribution in [1.82, 2.24) is 0 Å². The van der Waals surface area contributed by atoms with Gasteiger partial charge in [0.25, 0.3) is 0 Å². The van der Waals surface area contributed by atoms with Crippen LogP contribution in [0.2, 0.25) is 18.1 Å². The maximum atomic E-state index is 6.79. The van der Waals surface area contributed by atoms with E-state index in [2.05, 4.69) is 100 Å². The van der Waals surface area contributed by atoms with Gasteiger partial charge in [0.15, 0.2) is 8.32 Å². The molecule has 0 aromatic heterocycles. The Hall–Kier alpha value is -0.393. The van der Waals surface area contributed by atoms with E-state index >= 15 is 0 Å². The SMILES string of the molecule is C=C(C)[C@@H]1C(c2ccccc2)=C(I)C[C@H]1O[Si](C)(C)C(C)(C)C. The van der Waals surface area contributed by atoms with Crippen molar-refractivity contribution in [3.63, 3.8) is 0 Å². The first-order valence-corrected chi connectivity index (χ1v) is 12.3. The maximum Gasteiger partial charge on any atom is 0.192 e. The molecule has 0 spiro atoms. The molecule has 0 bridgehead atoms. The van der Waals surface area contributed by atoms with Crippen molar-refractivity contribution >= 4 is 36.5 Å². The Bertz CT molecular complexity index is 610. The summed E-state index contributed by atoms with van der Waals surface area (Å²) in [5, 5.41) is 0.230. The monoisotopic (exact) mass is 440 g/mol. The summed E-state index contributed by atoms with van der Waals surface area (Å²) in [5.74, 6) is 0.304. The van der Waals surface area contributed by atoms with Gasteiger partial charge in [-0.2, -0.15) is 0 Å². The van der Waals surface area contributed by atoms with Gasteiger partial charge in [-0.3, -0.25) is 0 Å². The molecule has 2 rings (SSSR count). The number of benzene rings is 1. The van der Waals surface area contributed by atoms with Gasteiger partial charge in [0.2, 0.25) is 0 Å². The second-order valence-electron chi connectivity index (χ2n) is 8.13. The molecule has 0 radical (unpaired) electrons. The molecular formula is C20H29IOSi. The topological polar surface area (TPSA) is 9.23 Å². The molecule has 1 aliphatic rings. The van der Waals surface area contributed by atoms with E-state index in [1.54, 1.807) is 0 Å². The summed E-state index contributed by atoms with van der Waals surface area (Å²) in [4.78, 5) is 0. The van der Waals surface area contributed by atoms with Crippen LogP contribution in [-0.4, -0.2) is 14.4 Å². The van der Waals surface area contributed by atoms with E-state index in [9.17, 15) is 0 Å². The maximum absolute atomic E-state index is 6.79. The summed E-state index contributed by atoms with van der Waals surface area (Å²) in [6.07, 6.45) is 1.24. The highest BCUT2D eigenvalue weighted by Crippen LogP contribution is 2.49. The molecular weight excluding hydrogens is 411 g/mol. The summed E-state index contributed by atoms with van der Waals surface area (Å²) in [6, 6.07) is 10.7. The van der Waals surface area contributed by atoms with Crippen LogP contribution in [0, 0.1) is 5.92 Å². The Balaban J connectivity index is 2.35. The van der Waals surface area contributed by atoms with Crippen molar-refractivity contribution in [3.8, 4) is 0 Å². The van der Waals surface area contributed by atoms with Gasteiger partial charge < -0.3 is 4.43 Å². The lowest BCUT2D eigenvalue weighted by Crippen LogP contribution is -2.45. The van der Waals surface area contributed by atoms with Crippen LogP contribution in [0.25, 0.3) is 5.57 Å². The van der Waals surface area contributed by atoms with E-state index in [-0.39, 0.29) is 11.1 Å². The van der Waals surface area contributed by atoms with Crippen molar-refractivity contribution in [3.05, 3.63) is 51.6 Å². The summed E-state index contributed by atoms with van der Waals surface area (Å²) in [6.45, 7) is 18.0. The molecule has 2 atom stereocenters. The largest absolute Gasteiger partial charge is 0.413 e. The molecule has 1 aromatic carbocycles.